The van der Waals surface area contributed by atoms with Crippen molar-refractivity contribution >= 4 is 11.9 Å². The Labute approximate surface area is 230 Å². The fourth-order valence-corrected chi connectivity index (χ4v) is 9.07. The number of fused-ring (bicyclic) bond motifs is 5. The minimum absolute atomic E-state index is 0.0231. The number of carbonyl (C=O) groups is 2. The van der Waals surface area contributed by atoms with Gasteiger partial charge in [-0.3, -0.25) is 9.59 Å². The quantitative estimate of drug-likeness (QED) is 0.246. The van der Waals surface area contributed by atoms with Crippen molar-refractivity contribution in [3.05, 3.63) is 11.6 Å². The largest absolute Gasteiger partial charge is 0.481 e. The lowest BCUT2D eigenvalue weighted by Gasteiger charge is -2.58. The predicted molar refractivity (Wildman–Crippen MR) is 152 cm³/mol. The molecule has 4 aliphatic carbocycles. The summed E-state index contributed by atoms with van der Waals surface area (Å²) in [5.74, 6) is 3.26. The molecule has 6 nitrogen and oxygen atoms in total. The van der Waals surface area contributed by atoms with Crippen molar-refractivity contribution in [1.82, 2.24) is 0 Å². The summed E-state index contributed by atoms with van der Waals surface area (Å²) in [6, 6.07) is -1.06. The van der Waals surface area contributed by atoms with Gasteiger partial charge in [-0.1, -0.05) is 65.5 Å². The third-order valence-electron chi connectivity index (χ3n) is 11.3. The zero-order valence-electron chi connectivity index (χ0n) is 24.6. The SMILES string of the molecule is CC(C)CCC[C@@H](C)[C@H]1CC[C@H]2[C@@H]3CC=C4C[C@@H](O)CC[C@]4(C)[C@H]3CC[C@]12C.N[C@@H](CCC(=O)O)C(=O)O. The molecule has 0 amide bonds. The van der Waals surface area contributed by atoms with Crippen LogP contribution in [-0.2, 0) is 9.59 Å². The first-order chi connectivity index (χ1) is 17.8. The van der Waals surface area contributed by atoms with E-state index in [9.17, 15) is 14.7 Å². The number of hydrogen-bond donors (Lipinski definition) is 4. The van der Waals surface area contributed by atoms with Crippen LogP contribution in [-0.4, -0.2) is 39.4 Å². The van der Waals surface area contributed by atoms with Gasteiger partial charge in [0, 0.05) is 6.42 Å². The smallest absolute Gasteiger partial charge is 0.320 e. The fraction of sp³-hybridized carbons (Fsp3) is 0.875. The van der Waals surface area contributed by atoms with Gasteiger partial charge in [0.15, 0.2) is 0 Å². The molecule has 0 aromatic carbocycles. The number of aliphatic hydroxyl groups is 1. The molecule has 0 aliphatic heterocycles. The monoisotopic (exact) mass is 533 g/mol. The first-order valence-electron chi connectivity index (χ1n) is 15.4. The van der Waals surface area contributed by atoms with Crippen molar-refractivity contribution in [2.75, 3.05) is 0 Å². The zero-order valence-corrected chi connectivity index (χ0v) is 24.6. The number of carboxylic acids is 2. The maximum atomic E-state index is 10.2. The van der Waals surface area contributed by atoms with E-state index in [1.54, 1.807) is 5.57 Å². The molecule has 9 atom stereocenters. The Morgan fingerprint density at radius 3 is 2.34 bits per heavy atom. The van der Waals surface area contributed by atoms with Crippen molar-refractivity contribution in [3.8, 4) is 0 Å². The van der Waals surface area contributed by atoms with E-state index in [0.717, 1.165) is 48.3 Å². The molecule has 0 aromatic heterocycles. The second-order valence-corrected chi connectivity index (χ2v) is 14.1. The summed E-state index contributed by atoms with van der Waals surface area (Å²) in [6.45, 7) is 12.6. The third-order valence-corrected chi connectivity index (χ3v) is 11.3. The van der Waals surface area contributed by atoms with Crippen LogP contribution in [0.15, 0.2) is 11.6 Å². The van der Waals surface area contributed by atoms with Gasteiger partial charge >= 0.3 is 11.9 Å². The fourth-order valence-electron chi connectivity index (χ4n) is 9.07. The van der Waals surface area contributed by atoms with Crippen LogP contribution in [0.3, 0.4) is 0 Å². The number of rotatable bonds is 9. The van der Waals surface area contributed by atoms with Gasteiger partial charge in [0.1, 0.15) is 6.04 Å². The molecule has 0 aromatic rings. The summed E-state index contributed by atoms with van der Waals surface area (Å²) in [4.78, 5) is 19.9. The summed E-state index contributed by atoms with van der Waals surface area (Å²) in [5, 5.41) is 26.5. The van der Waals surface area contributed by atoms with Crippen LogP contribution >= 0.6 is 0 Å². The van der Waals surface area contributed by atoms with Gasteiger partial charge in [0.2, 0.25) is 0 Å². The molecule has 5 N–H and O–H groups in total. The summed E-state index contributed by atoms with van der Waals surface area (Å²) in [7, 11) is 0. The highest BCUT2D eigenvalue weighted by Gasteiger charge is 2.59. The maximum Gasteiger partial charge on any atom is 0.320 e. The van der Waals surface area contributed by atoms with Crippen LogP contribution in [0.5, 0.6) is 0 Å². The van der Waals surface area contributed by atoms with E-state index in [2.05, 4.69) is 40.7 Å². The highest BCUT2D eigenvalue weighted by molar-refractivity contribution is 5.74. The molecule has 218 valence electrons. The van der Waals surface area contributed by atoms with Crippen molar-refractivity contribution < 1.29 is 24.9 Å². The average Bonchev–Trinajstić information content (AvgIpc) is 3.20. The first-order valence-corrected chi connectivity index (χ1v) is 15.4. The Balaban J connectivity index is 0.000000342. The summed E-state index contributed by atoms with van der Waals surface area (Å²) in [5.41, 5.74) is 7.61. The van der Waals surface area contributed by atoms with Crippen molar-refractivity contribution in [3.63, 3.8) is 0 Å². The Morgan fingerprint density at radius 1 is 1.00 bits per heavy atom. The minimum Gasteiger partial charge on any atom is -0.481 e. The van der Waals surface area contributed by atoms with Gasteiger partial charge < -0.3 is 21.1 Å². The van der Waals surface area contributed by atoms with Gasteiger partial charge in [0.05, 0.1) is 6.10 Å². The molecule has 3 fully saturated rings. The number of aliphatic hydroxyl groups excluding tert-OH is 1. The van der Waals surface area contributed by atoms with E-state index < -0.39 is 18.0 Å². The van der Waals surface area contributed by atoms with E-state index in [1.165, 1.54) is 57.8 Å². The summed E-state index contributed by atoms with van der Waals surface area (Å²) >= 11 is 0. The molecule has 0 unspecified atom stereocenters. The lowest BCUT2D eigenvalue weighted by molar-refractivity contribution is -0.139. The van der Waals surface area contributed by atoms with Gasteiger partial charge in [0.25, 0.3) is 0 Å². The number of allylic oxidation sites excluding steroid dienone is 1. The average molecular weight is 534 g/mol. The van der Waals surface area contributed by atoms with Gasteiger partial charge in [-0.25, -0.2) is 0 Å². The predicted octanol–water partition coefficient (Wildman–Crippen LogP) is 6.65. The lowest BCUT2D eigenvalue weighted by Crippen LogP contribution is -2.50. The maximum absolute atomic E-state index is 10.2. The standard InChI is InChI=1S/C27H46O.C5H9NO4/c1-18(2)7-6-8-19(3)23-11-12-24-22-10-9-20-17-21(28)13-15-26(20,4)25(22)14-16-27(23,24)5;6-3(5(9)10)1-2-4(7)8/h9,18-19,21-25,28H,6-8,10-17H2,1-5H3;3H,1-2,6H2,(H,7,8)(H,9,10)/t19-,21+,22+,23-,24+,25+,26+,27-;3-/m10/s1. The van der Waals surface area contributed by atoms with Crippen LogP contribution in [0, 0.1) is 46.3 Å². The van der Waals surface area contributed by atoms with Crippen molar-refractivity contribution in [1.29, 1.82) is 0 Å². The van der Waals surface area contributed by atoms with E-state index in [4.69, 9.17) is 15.9 Å². The topological polar surface area (TPSA) is 121 Å². The highest BCUT2D eigenvalue weighted by Crippen LogP contribution is 2.67. The zero-order chi connectivity index (χ0) is 28.3. The lowest BCUT2D eigenvalue weighted by atomic mass is 9.47. The number of nitrogens with two attached hydrogens (primary N) is 1. The van der Waals surface area contributed by atoms with E-state index >= 15 is 0 Å². The van der Waals surface area contributed by atoms with Crippen LogP contribution < -0.4 is 5.73 Å². The number of aliphatic carboxylic acids is 2. The molecule has 6 heteroatoms. The van der Waals surface area contributed by atoms with Gasteiger partial charge in [-0.2, -0.15) is 0 Å². The Hall–Kier alpha value is -1.40. The molecule has 38 heavy (non-hydrogen) atoms. The number of carboxylic acid groups (broad SMARTS) is 2. The molecule has 3 saturated carbocycles. The minimum atomic E-state index is -1.17. The second kappa shape index (κ2) is 12.8. The van der Waals surface area contributed by atoms with Crippen LogP contribution in [0.2, 0.25) is 0 Å². The van der Waals surface area contributed by atoms with Gasteiger partial charge in [-0.05, 0) is 104 Å². The summed E-state index contributed by atoms with van der Waals surface area (Å²) in [6.07, 6.45) is 16.9. The summed E-state index contributed by atoms with van der Waals surface area (Å²) < 4.78 is 0. The normalized spacial score (nSPS) is 37.6. The Morgan fingerprint density at radius 2 is 1.71 bits per heavy atom. The number of hydrogen-bond acceptors (Lipinski definition) is 4. The van der Waals surface area contributed by atoms with Crippen LogP contribution in [0.4, 0.5) is 0 Å². The highest BCUT2D eigenvalue weighted by atomic mass is 16.4. The van der Waals surface area contributed by atoms with E-state index in [0.29, 0.717) is 10.8 Å². The molecular formula is C32H55NO5. The molecule has 0 spiro atoms. The molecule has 4 aliphatic rings. The third kappa shape index (κ3) is 6.83. The van der Waals surface area contributed by atoms with E-state index in [-0.39, 0.29) is 18.9 Å². The first kappa shape index (κ1) is 31.1. The molecule has 0 saturated heterocycles. The molecule has 0 radical (unpaired) electrons. The van der Waals surface area contributed by atoms with Crippen LogP contribution in [0.25, 0.3) is 0 Å². The molecule has 4 rings (SSSR count). The Kier molecular flexibility index (Phi) is 10.5. The van der Waals surface area contributed by atoms with Crippen molar-refractivity contribution in [2.45, 2.75) is 130 Å². The van der Waals surface area contributed by atoms with Gasteiger partial charge in [-0.15, -0.1) is 0 Å². The molecule has 0 bridgehead atoms. The van der Waals surface area contributed by atoms with Crippen LogP contribution in [0.1, 0.15) is 118 Å². The second-order valence-electron chi connectivity index (χ2n) is 14.1. The Bertz CT molecular complexity index is 855. The molecule has 0 heterocycles. The molecular weight excluding hydrogens is 478 g/mol. The van der Waals surface area contributed by atoms with Crippen molar-refractivity contribution in [2.24, 2.45) is 52.1 Å². The van der Waals surface area contributed by atoms with E-state index in [1.807, 2.05) is 0 Å².